The molecule has 0 aliphatic heterocycles. The summed E-state index contributed by atoms with van der Waals surface area (Å²) >= 11 is 0. The lowest BCUT2D eigenvalue weighted by molar-refractivity contribution is 0.0188. The molecule has 0 bridgehead atoms. The molecule has 0 spiro atoms. The minimum Gasteiger partial charge on any atom is -0.371 e. The Bertz CT molecular complexity index is 144. The van der Waals surface area contributed by atoms with Crippen molar-refractivity contribution in [3.8, 4) is 0 Å². The normalized spacial score (nSPS) is 10.8. The summed E-state index contributed by atoms with van der Waals surface area (Å²) < 4.78 is 5.39. The average Bonchev–Trinajstić information content (AvgIpc) is 1.87. The summed E-state index contributed by atoms with van der Waals surface area (Å²) in [4.78, 5) is 9.99. The van der Waals surface area contributed by atoms with Gasteiger partial charge in [-0.05, 0) is 20.3 Å². The fourth-order valence-electron chi connectivity index (χ4n) is 0.663. The van der Waals surface area contributed by atoms with E-state index >= 15 is 0 Å². The van der Waals surface area contributed by atoms with Crippen LogP contribution >= 0.6 is 0 Å². The maximum Gasteiger partial charge on any atom is 0.123 e. The van der Waals surface area contributed by atoms with Crippen molar-refractivity contribution in [1.29, 1.82) is 0 Å². The molecule has 0 aromatic carbocycles. The van der Waals surface area contributed by atoms with Crippen LogP contribution in [0.5, 0.6) is 0 Å². The second kappa shape index (κ2) is 5.11. The smallest absolute Gasteiger partial charge is 0.123 e. The van der Waals surface area contributed by atoms with Crippen LogP contribution < -0.4 is 0 Å². The van der Waals surface area contributed by atoms with Gasteiger partial charge in [-0.1, -0.05) is 13.3 Å². The van der Waals surface area contributed by atoms with Gasteiger partial charge in [0.15, 0.2) is 0 Å². The van der Waals surface area contributed by atoms with Gasteiger partial charge in [-0.15, -0.1) is 0 Å². The fourth-order valence-corrected chi connectivity index (χ4v) is 0.663. The first-order valence-electron chi connectivity index (χ1n) is 3.98. The van der Waals surface area contributed by atoms with Crippen LogP contribution in [-0.2, 0) is 9.53 Å². The molecule has 0 amide bonds. The maximum absolute atomic E-state index is 9.99. The van der Waals surface area contributed by atoms with E-state index in [2.05, 4.69) is 6.92 Å². The lowest BCUT2D eigenvalue weighted by Gasteiger charge is -2.18. The summed E-state index contributed by atoms with van der Waals surface area (Å²) in [5.74, 6) is 1.73. The Morgan fingerprint density at radius 3 is 2.64 bits per heavy atom. The van der Waals surface area contributed by atoms with E-state index in [0.29, 0.717) is 6.61 Å². The molecule has 11 heavy (non-hydrogen) atoms. The van der Waals surface area contributed by atoms with Crippen LogP contribution in [0.1, 0.15) is 33.6 Å². The van der Waals surface area contributed by atoms with Crippen molar-refractivity contribution >= 4 is 5.94 Å². The summed E-state index contributed by atoms with van der Waals surface area (Å²) in [6.45, 7) is 6.52. The molecule has 0 aromatic rings. The number of carbonyl (C=O) groups excluding carboxylic acids is 1. The number of unbranched alkanes of at least 4 members (excludes halogenated alkanes) is 1. The van der Waals surface area contributed by atoms with Crippen molar-refractivity contribution in [3.63, 3.8) is 0 Å². The molecule has 0 aliphatic rings. The zero-order chi connectivity index (χ0) is 8.74. The lowest BCUT2D eigenvalue weighted by Crippen LogP contribution is -2.21. The van der Waals surface area contributed by atoms with Crippen LogP contribution in [0.15, 0.2) is 6.08 Å². The van der Waals surface area contributed by atoms with Crippen molar-refractivity contribution in [1.82, 2.24) is 0 Å². The first-order chi connectivity index (χ1) is 5.12. The molecule has 0 saturated heterocycles. The highest BCUT2D eigenvalue weighted by atomic mass is 16.5. The molecule has 0 radical (unpaired) electrons. The third-order valence-corrected chi connectivity index (χ3v) is 1.38. The Balaban J connectivity index is 3.63. The standard InChI is InChI=1S/C9H16O2/c1-4-5-8-11-9(2,3)6-7-10/h6H,4-5,8H2,1-3H3. The van der Waals surface area contributed by atoms with Crippen molar-refractivity contribution in [2.45, 2.75) is 39.2 Å². The van der Waals surface area contributed by atoms with Crippen LogP contribution in [0, 0.1) is 0 Å². The quantitative estimate of drug-likeness (QED) is 0.449. The van der Waals surface area contributed by atoms with E-state index in [1.807, 2.05) is 13.8 Å². The molecule has 0 heterocycles. The average molecular weight is 156 g/mol. The van der Waals surface area contributed by atoms with Crippen LogP contribution in [0.2, 0.25) is 0 Å². The van der Waals surface area contributed by atoms with Crippen molar-refractivity contribution in [2.75, 3.05) is 6.61 Å². The first-order valence-corrected chi connectivity index (χ1v) is 3.98. The summed E-state index contributed by atoms with van der Waals surface area (Å²) in [6.07, 6.45) is 3.56. The lowest BCUT2D eigenvalue weighted by atomic mass is 10.1. The zero-order valence-corrected chi connectivity index (χ0v) is 7.52. The second-order valence-electron chi connectivity index (χ2n) is 3.07. The monoisotopic (exact) mass is 156 g/mol. The van der Waals surface area contributed by atoms with Crippen LogP contribution in [0.3, 0.4) is 0 Å². The van der Waals surface area contributed by atoms with Crippen LogP contribution in [0.4, 0.5) is 0 Å². The molecule has 2 heteroatoms. The maximum atomic E-state index is 9.99. The predicted octanol–water partition coefficient (Wildman–Crippen LogP) is 1.97. The number of hydrogen-bond donors (Lipinski definition) is 0. The molecule has 0 atom stereocenters. The Kier molecular flexibility index (Phi) is 4.84. The molecule has 0 unspecified atom stereocenters. The Labute approximate surface area is 68.2 Å². The summed E-state index contributed by atoms with van der Waals surface area (Å²) in [5.41, 5.74) is -0.448. The Morgan fingerprint density at radius 2 is 2.18 bits per heavy atom. The van der Waals surface area contributed by atoms with Gasteiger partial charge >= 0.3 is 0 Å². The van der Waals surface area contributed by atoms with Gasteiger partial charge in [0.2, 0.25) is 0 Å². The van der Waals surface area contributed by atoms with Gasteiger partial charge in [0.1, 0.15) is 5.94 Å². The SMILES string of the molecule is CCCCOC(C)(C)C=C=O. The van der Waals surface area contributed by atoms with Gasteiger partial charge in [-0.2, -0.15) is 0 Å². The topological polar surface area (TPSA) is 26.3 Å². The highest BCUT2D eigenvalue weighted by molar-refractivity contribution is 5.47. The van der Waals surface area contributed by atoms with Gasteiger partial charge < -0.3 is 4.74 Å². The van der Waals surface area contributed by atoms with E-state index in [1.54, 1.807) is 5.94 Å². The van der Waals surface area contributed by atoms with E-state index in [-0.39, 0.29) is 0 Å². The third kappa shape index (κ3) is 5.84. The number of ether oxygens (including phenoxy) is 1. The van der Waals surface area contributed by atoms with E-state index in [1.165, 1.54) is 6.08 Å². The van der Waals surface area contributed by atoms with Crippen molar-refractivity contribution in [2.24, 2.45) is 0 Å². The molecule has 0 rings (SSSR count). The van der Waals surface area contributed by atoms with Crippen molar-refractivity contribution in [3.05, 3.63) is 6.08 Å². The number of rotatable bonds is 5. The molecule has 0 N–H and O–H groups in total. The van der Waals surface area contributed by atoms with E-state index in [4.69, 9.17) is 4.74 Å². The van der Waals surface area contributed by atoms with Crippen LogP contribution in [0.25, 0.3) is 0 Å². The highest BCUT2D eigenvalue weighted by Crippen LogP contribution is 2.09. The largest absolute Gasteiger partial charge is 0.371 e. The minimum absolute atomic E-state index is 0.448. The molecular formula is C9H16O2. The molecular weight excluding hydrogens is 140 g/mol. The van der Waals surface area contributed by atoms with Gasteiger partial charge in [-0.3, -0.25) is 0 Å². The summed E-state index contributed by atoms with van der Waals surface area (Å²) in [5, 5.41) is 0. The number of hydrogen-bond acceptors (Lipinski definition) is 2. The summed E-state index contributed by atoms with van der Waals surface area (Å²) in [6, 6.07) is 0. The van der Waals surface area contributed by atoms with Gasteiger partial charge in [-0.25, -0.2) is 4.79 Å². The molecule has 0 saturated carbocycles. The highest BCUT2D eigenvalue weighted by Gasteiger charge is 2.13. The first kappa shape index (κ1) is 10.4. The van der Waals surface area contributed by atoms with E-state index < -0.39 is 5.60 Å². The third-order valence-electron chi connectivity index (χ3n) is 1.38. The fraction of sp³-hybridized carbons (Fsp3) is 0.778. The van der Waals surface area contributed by atoms with E-state index in [9.17, 15) is 4.79 Å². The molecule has 0 aromatic heterocycles. The van der Waals surface area contributed by atoms with Crippen LogP contribution in [-0.4, -0.2) is 18.1 Å². The Morgan fingerprint density at radius 1 is 1.55 bits per heavy atom. The van der Waals surface area contributed by atoms with Gasteiger partial charge in [0.25, 0.3) is 0 Å². The van der Waals surface area contributed by atoms with E-state index in [0.717, 1.165) is 12.8 Å². The molecule has 64 valence electrons. The van der Waals surface area contributed by atoms with Crippen molar-refractivity contribution < 1.29 is 9.53 Å². The van der Waals surface area contributed by atoms with Gasteiger partial charge in [0.05, 0.1) is 5.60 Å². The Hall–Kier alpha value is -0.590. The molecule has 0 aliphatic carbocycles. The minimum atomic E-state index is -0.448. The van der Waals surface area contributed by atoms with Gasteiger partial charge in [0, 0.05) is 12.7 Å². The molecule has 0 fully saturated rings. The molecule has 2 nitrogen and oxygen atoms in total. The second-order valence-corrected chi connectivity index (χ2v) is 3.07. The zero-order valence-electron chi connectivity index (χ0n) is 7.52. The summed E-state index contributed by atoms with van der Waals surface area (Å²) in [7, 11) is 0. The predicted molar refractivity (Wildman–Crippen MR) is 45.2 cm³/mol.